The van der Waals surface area contributed by atoms with Gasteiger partial charge >= 0.3 is 0 Å². The van der Waals surface area contributed by atoms with Crippen LogP contribution in [-0.2, 0) is 11.3 Å². The van der Waals surface area contributed by atoms with E-state index in [9.17, 15) is 9.18 Å². The Kier molecular flexibility index (Phi) is 5.38. The van der Waals surface area contributed by atoms with E-state index in [1.54, 1.807) is 12.1 Å². The Morgan fingerprint density at radius 2 is 2.35 bits per heavy atom. The van der Waals surface area contributed by atoms with Gasteiger partial charge in [-0.3, -0.25) is 4.79 Å². The number of benzene rings is 1. The Labute approximate surface area is 106 Å². The van der Waals surface area contributed by atoms with Crippen LogP contribution in [0.5, 0.6) is 0 Å². The molecule has 3 nitrogen and oxygen atoms in total. The quantitative estimate of drug-likeness (QED) is 0.865. The Morgan fingerprint density at radius 1 is 1.53 bits per heavy atom. The molecule has 17 heavy (non-hydrogen) atoms. The lowest BCUT2D eigenvalue weighted by atomic mass is 10.2. The first kappa shape index (κ1) is 13.9. The zero-order valence-electron chi connectivity index (χ0n) is 9.41. The summed E-state index contributed by atoms with van der Waals surface area (Å²) >= 11 is 0. The number of amides is 1. The number of rotatable bonds is 3. The summed E-state index contributed by atoms with van der Waals surface area (Å²) in [6, 6.07) is 6.19. The van der Waals surface area contributed by atoms with Crippen molar-refractivity contribution >= 4 is 18.3 Å². The minimum absolute atomic E-state index is 0. The fourth-order valence-electron chi connectivity index (χ4n) is 1.87. The van der Waals surface area contributed by atoms with Crippen molar-refractivity contribution in [3.05, 3.63) is 35.6 Å². The molecule has 1 saturated heterocycles. The van der Waals surface area contributed by atoms with E-state index in [1.807, 2.05) is 0 Å². The fraction of sp³-hybridized carbons (Fsp3) is 0.417. The van der Waals surface area contributed by atoms with Crippen molar-refractivity contribution < 1.29 is 9.18 Å². The molecule has 2 rings (SSSR count). The van der Waals surface area contributed by atoms with Crippen LogP contribution in [0.2, 0.25) is 0 Å². The molecule has 94 valence electrons. The SMILES string of the molecule is Cl.O=C(NCc1cccc(F)c1)C1CCCN1. The molecule has 1 aliphatic heterocycles. The van der Waals surface area contributed by atoms with E-state index in [0.29, 0.717) is 6.54 Å². The van der Waals surface area contributed by atoms with Crippen LogP contribution in [0, 0.1) is 5.82 Å². The molecule has 0 aliphatic carbocycles. The molecule has 1 heterocycles. The smallest absolute Gasteiger partial charge is 0.237 e. The normalized spacial score (nSPS) is 18.5. The number of nitrogens with one attached hydrogen (secondary N) is 2. The molecule has 0 spiro atoms. The molecule has 2 N–H and O–H groups in total. The molecule has 1 amide bonds. The third-order valence-electron chi connectivity index (χ3n) is 2.73. The monoisotopic (exact) mass is 258 g/mol. The van der Waals surface area contributed by atoms with E-state index >= 15 is 0 Å². The van der Waals surface area contributed by atoms with Crippen LogP contribution in [0.25, 0.3) is 0 Å². The molecule has 1 unspecified atom stereocenters. The molecule has 0 aromatic heterocycles. The summed E-state index contributed by atoms with van der Waals surface area (Å²) in [5.74, 6) is -0.271. The van der Waals surface area contributed by atoms with Crippen molar-refractivity contribution in [1.29, 1.82) is 0 Å². The van der Waals surface area contributed by atoms with E-state index in [1.165, 1.54) is 12.1 Å². The van der Waals surface area contributed by atoms with Crippen molar-refractivity contribution in [2.45, 2.75) is 25.4 Å². The second-order valence-corrected chi connectivity index (χ2v) is 4.00. The Morgan fingerprint density at radius 3 is 3.00 bits per heavy atom. The molecule has 1 aromatic rings. The van der Waals surface area contributed by atoms with Crippen LogP contribution in [0.4, 0.5) is 4.39 Å². The molecular weight excluding hydrogens is 243 g/mol. The molecule has 5 heteroatoms. The van der Waals surface area contributed by atoms with Gasteiger partial charge in [-0.2, -0.15) is 0 Å². The maximum Gasteiger partial charge on any atom is 0.237 e. The Bertz CT molecular complexity index is 381. The van der Waals surface area contributed by atoms with Crippen LogP contribution >= 0.6 is 12.4 Å². The standard InChI is InChI=1S/C12H15FN2O.ClH/c13-10-4-1-3-9(7-10)8-15-12(16)11-5-2-6-14-11;/h1,3-4,7,11,14H,2,5-6,8H2,(H,15,16);1H. The van der Waals surface area contributed by atoms with E-state index in [4.69, 9.17) is 0 Å². The Balaban J connectivity index is 0.00000144. The van der Waals surface area contributed by atoms with Gasteiger partial charge in [-0.25, -0.2) is 4.39 Å². The highest BCUT2D eigenvalue weighted by atomic mass is 35.5. The maximum atomic E-state index is 12.9. The summed E-state index contributed by atoms with van der Waals surface area (Å²) in [5, 5.41) is 5.92. The summed E-state index contributed by atoms with van der Waals surface area (Å²) in [6.07, 6.45) is 1.92. The van der Waals surface area contributed by atoms with Crippen molar-refractivity contribution in [3.63, 3.8) is 0 Å². The van der Waals surface area contributed by atoms with Gasteiger partial charge in [-0.05, 0) is 37.1 Å². The fourth-order valence-corrected chi connectivity index (χ4v) is 1.87. The molecule has 1 aromatic carbocycles. The van der Waals surface area contributed by atoms with Gasteiger partial charge in [0, 0.05) is 6.54 Å². The van der Waals surface area contributed by atoms with E-state index in [0.717, 1.165) is 24.9 Å². The number of carbonyl (C=O) groups excluding carboxylic acids is 1. The second kappa shape index (κ2) is 6.57. The summed E-state index contributed by atoms with van der Waals surface area (Å²) in [6.45, 7) is 1.28. The van der Waals surface area contributed by atoms with Crippen molar-refractivity contribution in [2.24, 2.45) is 0 Å². The summed E-state index contributed by atoms with van der Waals surface area (Å²) in [4.78, 5) is 11.6. The highest BCUT2D eigenvalue weighted by molar-refractivity contribution is 5.85. The highest BCUT2D eigenvalue weighted by Gasteiger charge is 2.21. The molecule has 1 fully saturated rings. The zero-order valence-corrected chi connectivity index (χ0v) is 10.2. The average molecular weight is 259 g/mol. The summed E-state index contributed by atoms with van der Waals surface area (Å²) < 4.78 is 12.9. The molecule has 1 atom stereocenters. The second-order valence-electron chi connectivity index (χ2n) is 4.00. The predicted molar refractivity (Wildman–Crippen MR) is 66.5 cm³/mol. The van der Waals surface area contributed by atoms with Gasteiger partial charge in [-0.15, -0.1) is 12.4 Å². The lowest BCUT2D eigenvalue weighted by Crippen LogP contribution is -2.39. The zero-order chi connectivity index (χ0) is 11.4. The van der Waals surface area contributed by atoms with Gasteiger partial charge in [0.1, 0.15) is 5.82 Å². The molecule has 0 saturated carbocycles. The molecule has 1 aliphatic rings. The van der Waals surface area contributed by atoms with Gasteiger partial charge in [0.15, 0.2) is 0 Å². The van der Waals surface area contributed by atoms with Crippen LogP contribution in [0.3, 0.4) is 0 Å². The lowest BCUT2D eigenvalue weighted by molar-refractivity contribution is -0.122. The number of carbonyl (C=O) groups is 1. The van der Waals surface area contributed by atoms with Gasteiger partial charge < -0.3 is 10.6 Å². The average Bonchev–Trinajstić information content (AvgIpc) is 2.79. The van der Waals surface area contributed by atoms with Gasteiger partial charge in [-0.1, -0.05) is 12.1 Å². The Hall–Kier alpha value is -1.13. The van der Waals surface area contributed by atoms with Crippen LogP contribution in [0.15, 0.2) is 24.3 Å². The predicted octanol–water partition coefficient (Wildman–Crippen LogP) is 1.62. The van der Waals surface area contributed by atoms with Crippen LogP contribution < -0.4 is 10.6 Å². The minimum Gasteiger partial charge on any atom is -0.351 e. The maximum absolute atomic E-state index is 12.9. The van der Waals surface area contributed by atoms with E-state index in [2.05, 4.69) is 10.6 Å². The van der Waals surface area contributed by atoms with E-state index in [-0.39, 0.29) is 30.2 Å². The van der Waals surface area contributed by atoms with Crippen LogP contribution in [0.1, 0.15) is 18.4 Å². The van der Waals surface area contributed by atoms with Crippen LogP contribution in [-0.4, -0.2) is 18.5 Å². The molecular formula is C12H16ClFN2O. The van der Waals surface area contributed by atoms with Crippen molar-refractivity contribution in [3.8, 4) is 0 Å². The molecule has 0 radical (unpaired) electrons. The van der Waals surface area contributed by atoms with Gasteiger partial charge in [0.2, 0.25) is 5.91 Å². The minimum atomic E-state index is -0.272. The van der Waals surface area contributed by atoms with Gasteiger partial charge in [0.25, 0.3) is 0 Å². The highest BCUT2D eigenvalue weighted by Crippen LogP contribution is 2.06. The topological polar surface area (TPSA) is 41.1 Å². The number of hydrogen-bond acceptors (Lipinski definition) is 2. The first-order valence-corrected chi connectivity index (χ1v) is 5.51. The first-order valence-electron chi connectivity index (χ1n) is 5.51. The third kappa shape index (κ3) is 3.98. The summed E-state index contributed by atoms with van der Waals surface area (Å²) in [7, 11) is 0. The lowest BCUT2D eigenvalue weighted by Gasteiger charge is -2.10. The van der Waals surface area contributed by atoms with Crippen molar-refractivity contribution in [2.75, 3.05) is 6.54 Å². The summed E-state index contributed by atoms with van der Waals surface area (Å²) in [5.41, 5.74) is 0.784. The van der Waals surface area contributed by atoms with E-state index < -0.39 is 0 Å². The largest absolute Gasteiger partial charge is 0.351 e. The number of halogens is 2. The third-order valence-corrected chi connectivity index (χ3v) is 2.73. The number of hydrogen-bond donors (Lipinski definition) is 2. The van der Waals surface area contributed by atoms with Crippen molar-refractivity contribution in [1.82, 2.24) is 10.6 Å². The van der Waals surface area contributed by atoms with Gasteiger partial charge in [0.05, 0.1) is 6.04 Å². The molecule has 0 bridgehead atoms. The first-order chi connectivity index (χ1) is 7.75.